The van der Waals surface area contributed by atoms with E-state index in [2.05, 4.69) is 17.2 Å². The van der Waals surface area contributed by atoms with Crippen molar-refractivity contribution in [2.24, 2.45) is 0 Å². The SMILES string of the molecule is CC#CCNC(=O)c1ccc(OC)cc1N. The van der Waals surface area contributed by atoms with Gasteiger partial charge in [0, 0.05) is 11.8 Å². The number of methoxy groups -OCH3 is 1. The van der Waals surface area contributed by atoms with Gasteiger partial charge in [-0.25, -0.2) is 0 Å². The molecular weight excluding hydrogens is 204 g/mol. The highest BCUT2D eigenvalue weighted by Crippen LogP contribution is 2.19. The van der Waals surface area contributed by atoms with Crippen LogP contribution in [0.5, 0.6) is 5.75 Å². The van der Waals surface area contributed by atoms with Crippen LogP contribution in [0.1, 0.15) is 17.3 Å². The van der Waals surface area contributed by atoms with E-state index in [0.29, 0.717) is 23.5 Å². The van der Waals surface area contributed by atoms with Crippen LogP contribution in [0, 0.1) is 11.8 Å². The maximum atomic E-state index is 11.6. The van der Waals surface area contributed by atoms with Gasteiger partial charge in [-0.05, 0) is 19.1 Å². The van der Waals surface area contributed by atoms with Crippen molar-refractivity contribution in [2.75, 3.05) is 19.4 Å². The zero-order valence-corrected chi connectivity index (χ0v) is 9.33. The van der Waals surface area contributed by atoms with Crippen molar-refractivity contribution >= 4 is 11.6 Å². The van der Waals surface area contributed by atoms with E-state index in [0.717, 1.165) is 0 Å². The molecule has 0 aliphatic heterocycles. The average molecular weight is 218 g/mol. The molecule has 4 nitrogen and oxygen atoms in total. The van der Waals surface area contributed by atoms with Crippen molar-refractivity contribution in [3.8, 4) is 17.6 Å². The van der Waals surface area contributed by atoms with Gasteiger partial charge in [0.05, 0.1) is 19.2 Å². The van der Waals surface area contributed by atoms with E-state index in [4.69, 9.17) is 10.5 Å². The van der Waals surface area contributed by atoms with Gasteiger partial charge in [0.2, 0.25) is 0 Å². The normalized spacial score (nSPS) is 8.88. The maximum Gasteiger partial charge on any atom is 0.254 e. The predicted molar refractivity (Wildman–Crippen MR) is 63.2 cm³/mol. The Hall–Kier alpha value is -2.15. The van der Waals surface area contributed by atoms with Crippen LogP contribution in [-0.2, 0) is 0 Å². The highest BCUT2D eigenvalue weighted by Gasteiger charge is 2.09. The zero-order valence-electron chi connectivity index (χ0n) is 9.33. The zero-order chi connectivity index (χ0) is 12.0. The lowest BCUT2D eigenvalue weighted by molar-refractivity contribution is 0.0959. The summed E-state index contributed by atoms with van der Waals surface area (Å²) in [5, 5.41) is 2.64. The average Bonchev–Trinajstić information content (AvgIpc) is 2.29. The number of hydrogen-bond donors (Lipinski definition) is 2. The molecule has 1 rings (SSSR count). The van der Waals surface area contributed by atoms with E-state index in [1.165, 1.54) is 0 Å². The molecule has 0 bridgehead atoms. The number of rotatable bonds is 3. The quantitative estimate of drug-likeness (QED) is 0.588. The number of anilines is 1. The van der Waals surface area contributed by atoms with E-state index in [9.17, 15) is 4.79 Å². The van der Waals surface area contributed by atoms with Crippen molar-refractivity contribution in [2.45, 2.75) is 6.92 Å². The summed E-state index contributed by atoms with van der Waals surface area (Å²) in [6.45, 7) is 2.04. The second-order valence-corrected chi connectivity index (χ2v) is 3.06. The van der Waals surface area contributed by atoms with E-state index < -0.39 is 0 Å². The van der Waals surface area contributed by atoms with Gasteiger partial charge in [-0.3, -0.25) is 4.79 Å². The smallest absolute Gasteiger partial charge is 0.254 e. The fourth-order valence-corrected chi connectivity index (χ4v) is 1.18. The fourth-order valence-electron chi connectivity index (χ4n) is 1.18. The summed E-state index contributed by atoms with van der Waals surface area (Å²) in [6.07, 6.45) is 0. The molecule has 0 saturated carbocycles. The molecule has 0 radical (unpaired) electrons. The first kappa shape index (κ1) is 11.9. The molecule has 0 fully saturated rings. The largest absolute Gasteiger partial charge is 0.497 e. The molecule has 0 spiro atoms. The molecule has 0 heterocycles. The summed E-state index contributed by atoms with van der Waals surface area (Å²) in [7, 11) is 1.55. The van der Waals surface area contributed by atoms with Crippen LogP contribution in [0.3, 0.4) is 0 Å². The van der Waals surface area contributed by atoms with E-state index >= 15 is 0 Å². The molecule has 1 aromatic carbocycles. The number of carbonyl (C=O) groups is 1. The van der Waals surface area contributed by atoms with Gasteiger partial charge in [0.15, 0.2) is 0 Å². The summed E-state index contributed by atoms with van der Waals surface area (Å²) in [5.74, 6) is 5.83. The van der Waals surface area contributed by atoms with Gasteiger partial charge >= 0.3 is 0 Å². The number of nitrogens with one attached hydrogen (secondary N) is 1. The van der Waals surface area contributed by atoms with E-state index in [-0.39, 0.29) is 5.91 Å². The predicted octanol–water partition coefficient (Wildman–Crippen LogP) is 1.03. The Morgan fingerprint density at radius 1 is 1.56 bits per heavy atom. The Bertz CT molecular complexity index is 444. The number of carbonyl (C=O) groups excluding carboxylic acids is 1. The van der Waals surface area contributed by atoms with Crippen LogP contribution < -0.4 is 15.8 Å². The highest BCUT2D eigenvalue weighted by molar-refractivity contribution is 5.99. The fraction of sp³-hybridized carbons (Fsp3) is 0.250. The molecule has 4 heteroatoms. The number of nitrogen functional groups attached to an aromatic ring is 1. The van der Waals surface area contributed by atoms with Crippen LogP contribution in [0.2, 0.25) is 0 Å². The minimum absolute atomic E-state index is 0.233. The topological polar surface area (TPSA) is 64.3 Å². The minimum Gasteiger partial charge on any atom is -0.497 e. The Balaban J connectivity index is 2.78. The molecule has 0 aromatic heterocycles. The van der Waals surface area contributed by atoms with Gasteiger partial charge in [-0.15, -0.1) is 5.92 Å². The number of hydrogen-bond acceptors (Lipinski definition) is 3. The molecule has 0 aliphatic rings. The van der Waals surface area contributed by atoms with Crippen LogP contribution >= 0.6 is 0 Å². The third-order valence-electron chi connectivity index (χ3n) is 2.02. The summed E-state index contributed by atoms with van der Waals surface area (Å²) < 4.78 is 4.99. The maximum absolute atomic E-state index is 11.6. The van der Waals surface area contributed by atoms with E-state index in [1.807, 2.05) is 0 Å². The van der Waals surface area contributed by atoms with Crippen molar-refractivity contribution in [1.82, 2.24) is 5.32 Å². The summed E-state index contributed by atoms with van der Waals surface area (Å²) in [6, 6.07) is 4.93. The Morgan fingerprint density at radius 2 is 2.31 bits per heavy atom. The number of ether oxygens (including phenoxy) is 1. The first-order chi connectivity index (χ1) is 7.69. The molecular formula is C12H14N2O2. The monoisotopic (exact) mass is 218 g/mol. The summed E-state index contributed by atoms with van der Waals surface area (Å²) >= 11 is 0. The van der Waals surface area contributed by atoms with Crippen LogP contribution in [0.25, 0.3) is 0 Å². The second-order valence-electron chi connectivity index (χ2n) is 3.06. The summed E-state index contributed by atoms with van der Waals surface area (Å²) in [5.41, 5.74) is 6.54. The lowest BCUT2D eigenvalue weighted by Crippen LogP contribution is -2.24. The van der Waals surface area contributed by atoms with Crippen LogP contribution in [0.4, 0.5) is 5.69 Å². The molecule has 1 amide bonds. The first-order valence-electron chi connectivity index (χ1n) is 4.80. The molecule has 0 saturated heterocycles. The van der Waals surface area contributed by atoms with E-state index in [1.54, 1.807) is 32.2 Å². The number of amides is 1. The third kappa shape index (κ3) is 2.92. The summed E-state index contributed by atoms with van der Waals surface area (Å²) in [4.78, 5) is 11.6. The van der Waals surface area contributed by atoms with Gasteiger partial charge in [-0.2, -0.15) is 0 Å². The molecule has 3 N–H and O–H groups in total. The third-order valence-corrected chi connectivity index (χ3v) is 2.02. The molecule has 16 heavy (non-hydrogen) atoms. The van der Waals surface area contributed by atoms with Crippen LogP contribution in [-0.4, -0.2) is 19.6 Å². The minimum atomic E-state index is -0.233. The highest BCUT2D eigenvalue weighted by atomic mass is 16.5. The molecule has 0 unspecified atom stereocenters. The molecule has 0 aliphatic carbocycles. The Morgan fingerprint density at radius 3 is 2.88 bits per heavy atom. The number of nitrogens with two attached hydrogens (primary N) is 1. The lowest BCUT2D eigenvalue weighted by Gasteiger charge is -2.07. The van der Waals surface area contributed by atoms with Crippen molar-refractivity contribution < 1.29 is 9.53 Å². The lowest BCUT2D eigenvalue weighted by atomic mass is 10.1. The van der Waals surface area contributed by atoms with Crippen molar-refractivity contribution in [3.05, 3.63) is 23.8 Å². The molecule has 84 valence electrons. The van der Waals surface area contributed by atoms with Gasteiger partial charge in [0.25, 0.3) is 5.91 Å². The Labute approximate surface area is 94.8 Å². The molecule has 0 atom stereocenters. The number of benzene rings is 1. The Kier molecular flexibility index (Phi) is 4.22. The molecule has 1 aromatic rings. The first-order valence-corrected chi connectivity index (χ1v) is 4.80. The van der Waals surface area contributed by atoms with Crippen molar-refractivity contribution in [3.63, 3.8) is 0 Å². The van der Waals surface area contributed by atoms with Gasteiger partial charge in [-0.1, -0.05) is 5.92 Å². The van der Waals surface area contributed by atoms with Crippen LogP contribution in [0.15, 0.2) is 18.2 Å². The van der Waals surface area contributed by atoms with Gasteiger partial charge in [0.1, 0.15) is 5.75 Å². The standard InChI is InChI=1S/C12H14N2O2/c1-3-4-7-14-12(15)10-6-5-9(16-2)8-11(10)13/h5-6,8H,7,13H2,1-2H3,(H,14,15). The van der Waals surface area contributed by atoms with Crippen molar-refractivity contribution in [1.29, 1.82) is 0 Å². The van der Waals surface area contributed by atoms with Gasteiger partial charge < -0.3 is 15.8 Å². The second kappa shape index (κ2) is 5.66.